The first-order valence-electron chi connectivity index (χ1n) is 11.6. The fourth-order valence-corrected chi connectivity index (χ4v) is 4.79. The Labute approximate surface area is 455 Å². The molecular formula is C10H25Na5O35P10+10. The smallest absolute Gasteiger partial charge is 0.566 e. The van der Waals surface area contributed by atoms with Crippen molar-refractivity contribution in [3.8, 4) is 0 Å². The molecule has 320 valence electrons. The van der Waals surface area contributed by atoms with Gasteiger partial charge in [-0.25, -0.2) is 26.3 Å². The molecule has 60 heavy (non-hydrogen) atoms. The van der Waals surface area contributed by atoms with E-state index < -0.39 is 114 Å². The van der Waals surface area contributed by atoms with E-state index in [2.05, 4.69) is 68.6 Å². The maximum atomic E-state index is 10.2. The van der Waals surface area contributed by atoms with Crippen LogP contribution >= 0.6 is 82.5 Å². The van der Waals surface area contributed by atoms with Gasteiger partial charge in [-0.3, -0.25) is 0 Å². The van der Waals surface area contributed by atoms with Gasteiger partial charge in [0.2, 0.25) is 0 Å². The van der Waals surface area contributed by atoms with Gasteiger partial charge in [0.1, 0.15) is 0 Å². The molecule has 15 atom stereocenters. The summed E-state index contributed by atoms with van der Waals surface area (Å²) in [4.78, 5) is 49.1. The van der Waals surface area contributed by atoms with Crippen LogP contribution in [0.15, 0.2) is 0 Å². The zero-order chi connectivity index (χ0) is 44.3. The summed E-state index contributed by atoms with van der Waals surface area (Å²) in [7, 11) is -29.0. The second-order valence-electron chi connectivity index (χ2n) is 6.54. The fraction of sp³-hybridized carbons (Fsp3) is 1.00. The molecule has 15 unspecified atom stereocenters. The molecule has 0 aromatic carbocycles. The SMILES string of the molecule is CC(O[P+](=O)[O-])O[P+](=O)OO.CC(O[P+](=O)[O-])O[P+](=O)OO.CC(O[P+](=O)[O-])O[P+](=O)OO.CC(O[P+](=O)[O-])O[P+](=O)OO.CC(O[P+](=O)[O-])O[P+](=O)OO.[Na+].[Na+].[Na+].[Na+].[Na+]. The Morgan fingerprint density at radius 1 is 0.283 bits per heavy atom. The molecule has 35 nitrogen and oxygen atoms in total. The van der Waals surface area contributed by atoms with Gasteiger partial charge in [-0.2, -0.15) is 0 Å². The van der Waals surface area contributed by atoms with Crippen molar-refractivity contribution in [3.63, 3.8) is 0 Å². The van der Waals surface area contributed by atoms with Crippen molar-refractivity contribution < 1.29 is 313 Å². The van der Waals surface area contributed by atoms with Crippen molar-refractivity contribution in [1.82, 2.24) is 0 Å². The van der Waals surface area contributed by atoms with E-state index in [9.17, 15) is 70.1 Å². The molecule has 0 saturated heterocycles. The Kier molecular flexibility index (Phi) is 88.2. The normalized spacial score (nSPS) is 14.6. The average molecular weight is 1130 g/mol. The summed E-state index contributed by atoms with van der Waals surface area (Å²) in [5.41, 5.74) is 0. The molecule has 0 saturated carbocycles. The molecule has 0 radical (unpaired) electrons. The first-order valence-corrected chi connectivity index (χ1v) is 22.6. The van der Waals surface area contributed by atoms with Crippen LogP contribution in [0.1, 0.15) is 34.6 Å². The van der Waals surface area contributed by atoms with E-state index in [1.54, 1.807) is 0 Å². The quantitative estimate of drug-likeness (QED) is 0.0186. The Morgan fingerprint density at radius 3 is 0.450 bits per heavy atom. The minimum absolute atomic E-state index is 0. The molecule has 0 aromatic heterocycles. The molecule has 0 amide bonds. The summed E-state index contributed by atoms with van der Waals surface area (Å²) in [5.74, 6) is 0. The van der Waals surface area contributed by atoms with Crippen LogP contribution in [0.4, 0.5) is 0 Å². The van der Waals surface area contributed by atoms with E-state index in [0.717, 1.165) is 0 Å². The van der Waals surface area contributed by atoms with Gasteiger partial charge >= 0.3 is 230 Å². The van der Waals surface area contributed by atoms with E-state index in [1.165, 1.54) is 34.6 Å². The van der Waals surface area contributed by atoms with Gasteiger partial charge in [0.05, 0.1) is 23.4 Å². The number of hydrogen-bond donors (Lipinski definition) is 5. The standard InChI is InChI=1S/5C2H4O7P2.5Na/c5*1-2(7-10(4)5)8-11(6)9-3;;;;;/h5*2H,1H3;;;;;/q;;;;;5*+1/p+5. The van der Waals surface area contributed by atoms with Gasteiger partial charge in [-0.1, -0.05) is 22.6 Å². The molecule has 50 heteroatoms. The van der Waals surface area contributed by atoms with Gasteiger partial charge in [0.15, 0.2) is 0 Å². The summed E-state index contributed by atoms with van der Waals surface area (Å²) < 4.78 is 157. The summed E-state index contributed by atoms with van der Waals surface area (Å²) >= 11 is 0. The molecule has 0 spiro atoms. The summed E-state index contributed by atoms with van der Waals surface area (Å²) in [6, 6.07) is 0. The van der Waals surface area contributed by atoms with Crippen LogP contribution in [0.5, 0.6) is 0 Å². The van der Waals surface area contributed by atoms with Crippen molar-refractivity contribution >= 4 is 82.5 Å². The van der Waals surface area contributed by atoms with E-state index in [4.69, 9.17) is 26.3 Å². The molecular weight excluding hydrogens is 1100 g/mol. The van der Waals surface area contributed by atoms with E-state index in [1.807, 2.05) is 0 Å². The van der Waals surface area contributed by atoms with Crippen molar-refractivity contribution in [2.24, 2.45) is 0 Å². The predicted molar refractivity (Wildman–Crippen MR) is 153 cm³/mol. The zero-order valence-corrected chi connectivity index (χ0v) is 50.8. The minimum Gasteiger partial charge on any atom is -0.566 e. The molecule has 0 fully saturated rings. The van der Waals surface area contributed by atoms with Gasteiger partial charge in [0.25, 0.3) is 31.5 Å². The van der Waals surface area contributed by atoms with Gasteiger partial charge in [0, 0.05) is 22.8 Å². The fourth-order valence-electron chi connectivity index (χ4n) is 1.40. The third kappa shape index (κ3) is 80.1. The number of rotatable bonds is 25. The molecule has 0 aliphatic heterocycles. The average Bonchev–Trinajstić information content (AvgIpc) is 3.03. The van der Waals surface area contributed by atoms with E-state index >= 15 is 0 Å². The second kappa shape index (κ2) is 60.1. The van der Waals surface area contributed by atoms with Crippen molar-refractivity contribution in [2.75, 3.05) is 0 Å². The van der Waals surface area contributed by atoms with Gasteiger partial charge in [-0.05, 0) is 57.4 Å². The molecule has 0 aliphatic rings. The largest absolute Gasteiger partial charge is 1.00 e. The predicted octanol–water partition coefficient (Wildman–Crippen LogP) is -12.3. The Hall–Kier alpha value is 5.00. The van der Waals surface area contributed by atoms with Gasteiger partial charge in [-0.15, -0.1) is 22.6 Å². The van der Waals surface area contributed by atoms with Crippen LogP contribution in [0.2, 0.25) is 0 Å². The molecule has 5 N–H and O–H groups in total. The molecule has 0 heterocycles. The molecule has 0 aliphatic carbocycles. The Bertz CT molecular complexity index is 1020. The van der Waals surface area contributed by atoms with Crippen LogP contribution < -0.4 is 172 Å². The molecule has 0 rings (SSSR count). The van der Waals surface area contributed by atoms with Crippen molar-refractivity contribution in [3.05, 3.63) is 0 Å². The van der Waals surface area contributed by atoms with E-state index in [-0.39, 0.29) is 148 Å². The first-order chi connectivity index (χ1) is 25.3. The molecule has 0 bridgehead atoms. The maximum absolute atomic E-state index is 10.2. The van der Waals surface area contributed by atoms with Crippen molar-refractivity contribution in [2.45, 2.75) is 66.1 Å². The molecule has 0 aromatic rings. The zero-order valence-electron chi connectivity index (χ0n) is 31.8. The third-order valence-electron chi connectivity index (χ3n) is 2.68. The topological polar surface area (TPSA) is 526 Å². The monoisotopic (exact) mass is 1130 g/mol. The maximum Gasteiger partial charge on any atom is 1.00 e. The first kappa shape index (κ1) is 88.0. The number of hydrogen-bond acceptors (Lipinski definition) is 35. The summed E-state index contributed by atoms with van der Waals surface area (Å²) in [5, 5.41) is 38.5. The Morgan fingerprint density at radius 2 is 0.383 bits per heavy atom. The van der Waals surface area contributed by atoms with Crippen LogP contribution in [0.3, 0.4) is 0 Å². The van der Waals surface area contributed by atoms with Crippen molar-refractivity contribution in [1.29, 1.82) is 0 Å². The summed E-state index contributed by atoms with van der Waals surface area (Å²) in [6.45, 7) is 5.89. The van der Waals surface area contributed by atoms with Crippen LogP contribution in [-0.4, -0.2) is 57.7 Å². The minimum atomic E-state index is -3.07. The van der Waals surface area contributed by atoms with E-state index in [0.29, 0.717) is 0 Å². The van der Waals surface area contributed by atoms with Crippen LogP contribution in [0, 0.1) is 0 Å². The Balaban J connectivity index is -0.0000000638. The summed E-state index contributed by atoms with van der Waals surface area (Å²) in [6.07, 6.45) is -6.22. The third-order valence-corrected chi connectivity index (χ3v) is 8.04. The van der Waals surface area contributed by atoms with Crippen LogP contribution in [0.25, 0.3) is 0 Å². The van der Waals surface area contributed by atoms with Gasteiger partial charge < -0.3 is 24.5 Å². The van der Waals surface area contributed by atoms with Crippen LogP contribution in [-0.2, 0) is 114 Å². The second-order valence-corrected chi connectivity index (χ2v) is 13.9.